The number of nitrogens with zero attached hydrogens (tertiary/aromatic N) is 2. The number of esters is 1. The summed E-state index contributed by atoms with van der Waals surface area (Å²) >= 11 is 1.32. The molecular formula is C26H19N3O4S. The van der Waals surface area contributed by atoms with Crippen LogP contribution in [0.2, 0.25) is 0 Å². The molecule has 5 aromatic rings. The van der Waals surface area contributed by atoms with Crippen molar-refractivity contribution in [3.63, 3.8) is 0 Å². The van der Waals surface area contributed by atoms with Crippen molar-refractivity contribution >= 4 is 51.0 Å². The monoisotopic (exact) mass is 469 g/mol. The van der Waals surface area contributed by atoms with Crippen molar-refractivity contribution in [2.45, 2.75) is 6.92 Å². The first-order chi connectivity index (χ1) is 16.5. The molecule has 0 saturated carbocycles. The molecule has 0 saturated heterocycles. The first-order valence-corrected chi connectivity index (χ1v) is 11.3. The number of nitrogens with one attached hydrogen (secondary N) is 1. The number of hydrogen-bond acceptors (Lipinski definition) is 6. The summed E-state index contributed by atoms with van der Waals surface area (Å²) in [6.07, 6.45) is 1.76. The minimum absolute atomic E-state index is 0.128. The van der Waals surface area contributed by atoms with Gasteiger partial charge in [0, 0.05) is 5.69 Å². The number of anilines is 1. The molecule has 5 rings (SSSR count). The number of ether oxygens (including phenoxy) is 1. The van der Waals surface area contributed by atoms with Gasteiger partial charge in [-0.2, -0.15) is 0 Å². The van der Waals surface area contributed by atoms with E-state index in [-0.39, 0.29) is 12.2 Å². The molecule has 0 aliphatic carbocycles. The van der Waals surface area contributed by atoms with Crippen LogP contribution in [0, 0.1) is 6.92 Å². The van der Waals surface area contributed by atoms with Crippen LogP contribution >= 0.6 is 11.3 Å². The Balaban J connectivity index is 1.27. The molecule has 0 spiro atoms. The van der Waals surface area contributed by atoms with Gasteiger partial charge in [-0.15, -0.1) is 0 Å². The zero-order valence-electron chi connectivity index (χ0n) is 18.1. The van der Waals surface area contributed by atoms with Crippen molar-refractivity contribution in [2.24, 2.45) is 0 Å². The van der Waals surface area contributed by atoms with E-state index in [9.17, 15) is 14.4 Å². The average molecular weight is 470 g/mol. The number of carbonyl (C=O) groups excluding carboxylic acids is 2. The second-order valence-electron chi connectivity index (χ2n) is 7.75. The van der Waals surface area contributed by atoms with Gasteiger partial charge in [-0.3, -0.25) is 9.59 Å². The van der Waals surface area contributed by atoms with Crippen molar-refractivity contribution in [1.82, 2.24) is 9.38 Å². The number of hydrogen-bond donors (Lipinski definition) is 1. The minimum Gasteiger partial charge on any atom is -0.452 e. The molecule has 1 amide bonds. The average Bonchev–Trinajstić information content (AvgIpc) is 3.35. The van der Waals surface area contributed by atoms with Crippen molar-refractivity contribution in [3.05, 3.63) is 104 Å². The summed E-state index contributed by atoms with van der Waals surface area (Å²) in [5.41, 5.74) is 4.24. The highest BCUT2D eigenvalue weighted by molar-refractivity contribution is 7.15. The van der Waals surface area contributed by atoms with Crippen LogP contribution in [0.15, 0.2) is 77.6 Å². The van der Waals surface area contributed by atoms with Crippen LogP contribution in [0.5, 0.6) is 0 Å². The third kappa shape index (κ3) is 4.31. The maximum atomic E-state index is 12.9. The van der Waals surface area contributed by atoms with E-state index in [1.165, 1.54) is 11.3 Å². The summed E-state index contributed by atoms with van der Waals surface area (Å²) in [5, 5.41) is 2.68. The van der Waals surface area contributed by atoms with Gasteiger partial charge in [0.2, 0.25) is 0 Å². The smallest absolute Gasteiger partial charge is 0.338 e. The molecule has 2 heterocycles. The number of rotatable bonds is 5. The van der Waals surface area contributed by atoms with E-state index in [4.69, 9.17) is 4.74 Å². The lowest BCUT2D eigenvalue weighted by Gasteiger charge is -2.07. The molecular weight excluding hydrogens is 450 g/mol. The van der Waals surface area contributed by atoms with Gasteiger partial charge in [0.1, 0.15) is 0 Å². The fraction of sp³-hybridized carbons (Fsp3) is 0.0769. The molecule has 3 aromatic carbocycles. The first-order valence-electron chi connectivity index (χ1n) is 10.5. The molecule has 0 atom stereocenters. The fourth-order valence-corrected chi connectivity index (χ4v) is 4.51. The molecule has 0 fully saturated rings. The van der Waals surface area contributed by atoms with Gasteiger partial charge in [0.25, 0.3) is 11.5 Å². The predicted molar refractivity (Wildman–Crippen MR) is 132 cm³/mol. The van der Waals surface area contributed by atoms with Crippen LogP contribution < -0.4 is 15.4 Å². The number of fused-ring (bicyclic) bond motifs is 3. The molecule has 0 bridgehead atoms. The lowest BCUT2D eigenvalue weighted by atomic mass is 10.1. The van der Waals surface area contributed by atoms with Crippen molar-refractivity contribution in [2.75, 3.05) is 11.9 Å². The summed E-state index contributed by atoms with van der Waals surface area (Å²) in [6, 6.07) is 21.5. The third-order valence-electron chi connectivity index (χ3n) is 5.26. The van der Waals surface area contributed by atoms with E-state index >= 15 is 0 Å². The normalized spacial score (nSPS) is 11.7. The number of thiazole rings is 1. The summed E-state index contributed by atoms with van der Waals surface area (Å²) in [4.78, 5) is 42.4. The fourth-order valence-electron chi connectivity index (χ4n) is 3.53. The van der Waals surface area contributed by atoms with Gasteiger partial charge in [0.05, 0.1) is 21.1 Å². The standard InChI is InChI=1S/C26H19N3O4S/c1-16-6-12-19(13-7-16)27-23(30)15-33-25(32)18-10-8-17(9-11-18)14-22-24(31)29-21-5-3-2-4-20(21)28-26(29)34-22/h2-14H,15H2,1H3,(H,27,30)/b22-14-. The largest absolute Gasteiger partial charge is 0.452 e. The van der Waals surface area contributed by atoms with Crippen molar-refractivity contribution in [1.29, 1.82) is 0 Å². The van der Waals surface area contributed by atoms with Crippen molar-refractivity contribution in [3.8, 4) is 0 Å². The Bertz CT molecular complexity index is 1630. The summed E-state index contributed by atoms with van der Waals surface area (Å²) in [7, 11) is 0. The van der Waals surface area contributed by atoms with Gasteiger partial charge in [-0.1, -0.05) is 53.3 Å². The summed E-state index contributed by atoms with van der Waals surface area (Å²) in [6.45, 7) is 1.57. The number of imidazole rings is 1. The molecule has 0 radical (unpaired) electrons. The van der Waals surface area contributed by atoms with E-state index in [0.717, 1.165) is 22.2 Å². The zero-order valence-corrected chi connectivity index (χ0v) is 19.0. The molecule has 0 unspecified atom stereocenters. The molecule has 8 heteroatoms. The van der Waals surface area contributed by atoms with Gasteiger partial charge in [-0.05, 0) is 55.0 Å². The lowest BCUT2D eigenvalue weighted by molar-refractivity contribution is -0.119. The predicted octanol–water partition coefficient (Wildman–Crippen LogP) is 3.56. The Morgan fingerprint density at radius 3 is 2.53 bits per heavy atom. The maximum absolute atomic E-state index is 12.9. The van der Waals surface area contributed by atoms with Gasteiger partial charge >= 0.3 is 5.97 Å². The molecule has 0 aliphatic heterocycles. The number of para-hydroxylation sites is 2. The molecule has 0 aliphatic rings. The Labute approximate surface area is 197 Å². The van der Waals surface area contributed by atoms with Gasteiger partial charge in [-0.25, -0.2) is 14.2 Å². The van der Waals surface area contributed by atoms with E-state index in [1.807, 2.05) is 43.3 Å². The maximum Gasteiger partial charge on any atom is 0.338 e. The third-order valence-corrected chi connectivity index (χ3v) is 6.23. The zero-order chi connectivity index (χ0) is 23.7. The lowest BCUT2D eigenvalue weighted by Crippen LogP contribution is -2.22. The summed E-state index contributed by atoms with van der Waals surface area (Å²) < 4.78 is 7.28. The Hall–Kier alpha value is -4.30. The molecule has 7 nitrogen and oxygen atoms in total. The highest BCUT2D eigenvalue weighted by atomic mass is 32.1. The van der Waals surface area contributed by atoms with E-state index < -0.39 is 11.9 Å². The number of carbonyl (C=O) groups is 2. The van der Waals surface area contributed by atoms with Crippen LogP contribution in [-0.2, 0) is 9.53 Å². The van der Waals surface area contributed by atoms with Gasteiger partial charge < -0.3 is 10.1 Å². The van der Waals surface area contributed by atoms with Crippen LogP contribution in [0.1, 0.15) is 21.5 Å². The molecule has 34 heavy (non-hydrogen) atoms. The van der Waals surface area contributed by atoms with Crippen LogP contribution in [0.25, 0.3) is 22.1 Å². The van der Waals surface area contributed by atoms with E-state index in [0.29, 0.717) is 20.7 Å². The Kier molecular flexibility index (Phi) is 5.65. The first kappa shape index (κ1) is 21.5. The number of aryl methyl sites for hydroxylation is 1. The minimum atomic E-state index is -0.601. The Morgan fingerprint density at radius 2 is 1.76 bits per heavy atom. The SMILES string of the molecule is Cc1ccc(NC(=O)COC(=O)c2ccc(/C=c3\sc4nc5ccccc5n4c3=O)cc2)cc1. The second kappa shape index (κ2) is 8.92. The molecule has 168 valence electrons. The molecule has 2 aromatic heterocycles. The van der Waals surface area contributed by atoms with E-state index in [2.05, 4.69) is 10.3 Å². The Morgan fingerprint density at radius 1 is 1.03 bits per heavy atom. The molecule has 1 N–H and O–H groups in total. The van der Waals surface area contributed by atoms with Crippen molar-refractivity contribution < 1.29 is 14.3 Å². The van der Waals surface area contributed by atoms with Crippen LogP contribution in [0.4, 0.5) is 5.69 Å². The number of aromatic nitrogens is 2. The quantitative estimate of drug-likeness (QED) is 0.398. The van der Waals surface area contributed by atoms with Gasteiger partial charge in [0.15, 0.2) is 11.6 Å². The highest BCUT2D eigenvalue weighted by Crippen LogP contribution is 2.16. The topological polar surface area (TPSA) is 89.8 Å². The van der Waals surface area contributed by atoms with Crippen LogP contribution in [0.3, 0.4) is 0 Å². The van der Waals surface area contributed by atoms with E-state index in [1.54, 1.807) is 46.9 Å². The number of amides is 1. The second-order valence-corrected chi connectivity index (χ2v) is 8.76. The number of benzene rings is 3. The summed E-state index contributed by atoms with van der Waals surface area (Å²) in [5.74, 6) is -1.02. The van der Waals surface area contributed by atoms with Crippen LogP contribution in [-0.4, -0.2) is 27.9 Å². The highest BCUT2D eigenvalue weighted by Gasteiger charge is 2.12.